The predicted octanol–water partition coefficient (Wildman–Crippen LogP) is 4.00. The maximum atomic E-state index is 12.5. The molecule has 5 heteroatoms. The van der Waals surface area contributed by atoms with Crippen LogP contribution < -0.4 is 5.01 Å². The van der Waals surface area contributed by atoms with Gasteiger partial charge in [-0.15, -0.1) is 0 Å². The van der Waals surface area contributed by atoms with Crippen molar-refractivity contribution < 1.29 is 9.21 Å². The van der Waals surface area contributed by atoms with E-state index in [2.05, 4.69) is 27.7 Å². The third-order valence-corrected chi connectivity index (χ3v) is 3.90. The summed E-state index contributed by atoms with van der Waals surface area (Å²) in [6, 6.07) is 11.4. The Morgan fingerprint density at radius 2 is 1.86 bits per heavy atom. The topological polar surface area (TPSA) is 45.8 Å². The summed E-state index contributed by atoms with van der Waals surface area (Å²) in [5, 5.41) is 5.77. The van der Waals surface area contributed by atoms with E-state index in [0.29, 0.717) is 17.0 Å². The van der Waals surface area contributed by atoms with Crippen molar-refractivity contribution in [3.8, 4) is 0 Å². The maximum absolute atomic E-state index is 12.5. The average molecular weight is 392 g/mol. The van der Waals surface area contributed by atoms with Crippen LogP contribution in [0.2, 0.25) is 0 Å². The van der Waals surface area contributed by atoms with Gasteiger partial charge in [-0.25, -0.2) is 0 Å². The molecule has 2 heterocycles. The zero-order valence-corrected chi connectivity index (χ0v) is 13.8. The fourth-order valence-electron chi connectivity index (χ4n) is 2.11. The van der Waals surface area contributed by atoms with Gasteiger partial charge in [-0.3, -0.25) is 4.79 Å². The molecule has 1 aromatic heterocycles. The van der Waals surface area contributed by atoms with E-state index in [1.807, 2.05) is 50.2 Å². The highest BCUT2D eigenvalue weighted by atomic mass is 127. The normalized spacial score (nSPS) is 16.7. The Morgan fingerprint density at radius 1 is 1.14 bits per heavy atom. The van der Waals surface area contributed by atoms with E-state index < -0.39 is 0 Å². The average Bonchev–Trinajstić information content (AvgIpc) is 2.98. The summed E-state index contributed by atoms with van der Waals surface area (Å²) in [6.45, 7) is 3.70. The Morgan fingerprint density at radius 3 is 2.48 bits per heavy atom. The molecule has 0 saturated heterocycles. The highest BCUT2D eigenvalue weighted by molar-refractivity contribution is 14.1. The van der Waals surface area contributed by atoms with Gasteiger partial charge in [-0.1, -0.05) is 0 Å². The minimum absolute atomic E-state index is 0.136. The largest absolute Gasteiger partial charge is 0.462 e. The number of benzene rings is 1. The molecule has 0 bridgehead atoms. The summed E-state index contributed by atoms with van der Waals surface area (Å²) in [5.41, 5.74) is 2.01. The van der Waals surface area contributed by atoms with Gasteiger partial charge in [0.05, 0.1) is 17.0 Å². The molecular formula is C16H13IN2O2. The highest BCUT2D eigenvalue weighted by Crippen LogP contribution is 2.25. The van der Waals surface area contributed by atoms with Crippen LogP contribution in [0, 0.1) is 10.5 Å². The number of hydrogen-bond donors (Lipinski definition) is 0. The number of hydrogen-bond acceptors (Lipinski definition) is 3. The Labute approximate surface area is 136 Å². The van der Waals surface area contributed by atoms with Crippen LogP contribution in [0.3, 0.4) is 0 Å². The van der Waals surface area contributed by atoms with Gasteiger partial charge in [0.25, 0.3) is 5.91 Å². The van der Waals surface area contributed by atoms with Crippen LogP contribution in [0.5, 0.6) is 0 Å². The molecule has 1 aromatic carbocycles. The Balaban J connectivity index is 1.93. The third-order valence-electron chi connectivity index (χ3n) is 3.18. The molecule has 1 aliphatic heterocycles. The molecule has 0 fully saturated rings. The first-order valence-corrected chi connectivity index (χ1v) is 7.56. The van der Waals surface area contributed by atoms with Crippen molar-refractivity contribution in [1.29, 1.82) is 0 Å². The van der Waals surface area contributed by atoms with E-state index >= 15 is 0 Å². The number of carbonyl (C=O) groups excluding carboxylic acids is 1. The molecule has 1 aliphatic rings. The highest BCUT2D eigenvalue weighted by Gasteiger charge is 2.28. The van der Waals surface area contributed by atoms with E-state index in [1.165, 1.54) is 5.01 Å². The van der Waals surface area contributed by atoms with Crippen LogP contribution in [-0.4, -0.2) is 11.6 Å². The van der Waals surface area contributed by atoms with Crippen LogP contribution in [0.25, 0.3) is 6.08 Å². The number of hydrazone groups is 1. The van der Waals surface area contributed by atoms with E-state index in [-0.39, 0.29) is 5.91 Å². The zero-order chi connectivity index (χ0) is 15.0. The van der Waals surface area contributed by atoms with Gasteiger partial charge in [-0.05, 0) is 78.9 Å². The Bertz CT molecular complexity index is 757. The molecule has 4 nitrogen and oxygen atoms in total. The zero-order valence-electron chi connectivity index (χ0n) is 11.6. The molecule has 106 valence electrons. The smallest absolute Gasteiger partial charge is 0.280 e. The van der Waals surface area contributed by atoms with E-state index in [9.17, 15) is 4.79 Å². The van der Waals surface area contributed by atoms with Crippen LogP contribution in [0.4, 0.5) is 5.69 Å². The van der Waals surface area contributed by atoms with Gasteiger partial charge in [0, 0.05) is 3.57 Å². The molecule has 0 unspecified atom stereocenters. The molecule has 3 rings (SSSR count). The van der Waals surface area contributed by atoms with Gasteiger partial charge < -0.3 is 4.42 Å². The molecule has 0 atom stereocenters. The maximum Gasteiger partial charge on any atom is 0.280 e. The van der Waals surface area contributed by atoms with Crippen LogP contribution in [0.15, 0.2) is 51.5 Å². The third kappa shape index (κ3) is 2.78. The van der Waals surface area contributed by atoms with Crippen molar-refractivity contribution in [2.75, 3.05) is 5.01 Å². The quantitative estimate of drug-likeness (QED) is 0.573. The molecule has 0 radical (unpaired) electrons. The lowest BCUT2D eigenvalue weighted by Crippen LogP contribution is -2.21. The van der Waals surface area contributed by atoms with Crippen molar-refractivity contribution in [2.45, 2.75) is 13.8 Å². The van der Waals surface area contributed by atoms with Crippen molar-refractivity contribution in [2.24, 2.45) is 5.10 Å². The van der Waals surface area contributed by atoms with E-state index in [0.717, 1.165) is 15.0 Å². The minimum Gasteiger partial charge on any atom is -0.462 e. The van der Waals surface area contributed by atoms with Crippen molar-refractivity contribution in [1.82, 2.24) is 0 Å². The van der Waals surface area contributed by atoms with E-state index in [1.54, 1.807) is 6.08 Å². The lowest BCUT2D eigenvalue weighted by atomic mass is 10.1. The summed E-state index contributed by atoms with van der Waals surface area (Å²) in [4.78, 5) is 12.5. The molecule has 1 amide bonds. The first kappa shape index (κ1) is 14.1. The monoisotopic (exact) mass is 392 g/mol. The number of furan rings is 1. The molecule has 21 heavy (non-hydrogen) atoms. The molecular weight excluding hydrogens is 379 g/mol. The SMILES string of the molecule is CC1=NN(c2ccc(I)cc2)C(=O)/C1=C\c1ccc(C)o1. The van der Waals surface area contributed by atoms with Crippen molar-refractivity contribution in [3.63, 3.8) is 0 Å². The Hall–Kier alpha value is -1.89. The standard InChI is InChI=1S/C16H13IN2O2/c1-10-3-8-14(21-10)9-15-11(2)18-19(16(15)20)13-6-4-12(17)5-7-13/h3-9H,1-2H3/b15-9-. The van der Waals surface area contributed by atoms with Gasteiger partial charge in [0.15, 0.2) is 0 Å². The number of anilines is 1. The molecule has 0 N–H and O–H groups in total. The predicted molar refractivity (Wildman–Crippen MR) is 91.2 cm³/mol. The number of halogens is 1. The summed E-state index contributed by atoms with van der Waals surface area (Å²) in [7, 11) is 0. The van der Waals surface area contributed by atoms with Gasteiger partial charge >= 0.3 is 0 Å². The number of rotatable bonds is 2. The molecule has 0 spiro atoms. The van der Waals surface area contributed by atoms with Crippen LogP contribution >= 0.6 is 22.6 Å². The second kappa shape index (κ2) is 5.48. The van der Waals surface area contributed by atoms with Crippen LogP contribution in [0.1, 0.15) is 18.4 Å². The minimum atomic E-state index is -0.136. The second-order valence-corrected chi connectivity index (χ2v) is 6.03. The first-order chi connectivity index (χ1) is 10.0. The van der Waals surface area contributed by atoms with Gasteiger partial charge in [-0.2, -0.15) is 10.1 Å². The fourth-order valence-corrected chi connectivity index (χ4v) is 2.47. The summed E-state index contributed by atoms with van der Waals surface area (Å²) < 4.78 is 6.61. The number of amides is 1. The lowest BCUT2D eigenvalue weighted by Gasteiger charge is -2.11. The Kier molecular flexibility index (Phi) is 3.67. The lowest BCUT2D eigenvalue weighted by molar-refractivity contribution is -0.114. The molecule has 0 saturated carbocycles. The summed E-state index contributed by atoms with van der Waals surface area (Å²) in [6.07, 6.45) is 1.74. The summed E-state index contributed by atoms with van der Waals surface area (Å²) >= 11 is 2.23. The summed E-state index contributed by atoms with van der Waals surface area (Å²) in [5.74, 6) is 1.34. The first-order valence-electron chi connectivity index (χ1n) is 6.48. The fraction of sp³-hybridized carbons (Fsp3) is 0.125. The van der Waals surface area contributed by atoms with Crippen LogP contribution in [-0.2, 0) is 4.79 Å². The number of nitrogens with zero attached hydrogens (tertiary/aromatic N) is 2. The van der Waals surface area contributed by atoms with Crippen molar-refractivity contribution in [3.05, 3.63) is 57.1 Å². The molecule has 0 aliphatic carbocycles. The van der Waals surface area contributed by atoms with Gasteiger partial charge in [0.1, 0.15) is 11.5 Å². The number of aryl methyl sites for hydroxylation is 1. The second-order valence-electron chi connectivity index (χ2n) is 4.79. The van der Waals surface area contributed by atoms with Gasteiger partial charge in [0.2, 0.25) is 0 Å². The molecule has 2 aromatic rings. The number of carbonyl (C=O) groups is 1. The van der Waals surface area contributed by atoms with Crippen molar-refractivity contribution >= 4 is 46.0 Å². The van der Waals surface area contributed by atoms with E-state index in [4.69, 9.17) is 4.42 Å².